The fraction of sp³-hybridized carbons (Fsp3) is 0.310. The quantitative estimate of drug-likeness (QED) is 0.331. The van der Waals surface area contributed by atoms with E-state index in [1.165, 1.54) is 24.1 Å². The molecule has 1 N–H and O–H groups in total. The second kappa shape index (κ2) is 13.1. The summed E-state index contributed by atoms with van der Waals surface area (Å²) < 4.78 is 35.3. The number of sulfonamides is 1. The molecule has 1 unspecified atom stereocenters. The van der Waals surface area contributed by atoms with Crippen molar-refractivity contribution in [1.29, 1.82) is 0 Å². The van der Waals surface area contributed by atoms with Crippen molar-refractivity contribution in [3.8, 4) is 5.75 Å². The predicted molar refractivity (Wildman–Crippen MR) is 156 cm³/mol. The molecule has 0 radical (unpaired) electrons. The van der Waals surface area contributed by atoms with Crippen molar-refractivity contribution in [2.75, 3.05) is 18.0 Å². The molecule has 0 aliphatic carbocycles. The van der Waals surface area contributed by atoms with Crippen molar-refractivity contribution >= 4 is 43.5 Å². The molecule has 0 aliphatic rings. The smallest absolute Gasteiger partial charge is 0.264 e. The first kappa shape index (κ1) is 30.2. The fourth-order valence-electron chi connectivity index (χ4n) is 4.00. The topological polar surface area (TPSA) is 96.0 Å². The van der Waals surface area contributed by atoms with E-state index in [2.05, 4.69) is 21.2 Å². The molecule has 0 bridgehead atoms. The number of benzene rings is 3. The Labute approximate surface area is 239 Å². The Balaban J connectivity index is 2.08. The number of anilines is 1. The van der Waals surface area contributed by atoms with E-state index in [0.717, 1.165) is 19.9 Å². The summed E-state index contributed by atoms with van der Waals surface area (Å²) >= 11 is 3.41. The van der Waals surface area contributed by atoms with Crippen molar-refractivity contribution in [2.24, 2.45) is 0 Å². The molecule has 0 heterocycles. The number of methoxy groups -OCH3 is 1. The summed E-state index contributed by atoms with van der Waals surface area (Å²) in [4.78, 5) is 28.4. The first-order valence-electron chi connectivity index (χ1n) is 12.5. The van der Waals surface area contributed by atoms with E-state index in [-0.39, 0.29) is 29.1 Å². The maximum atomic E-state index is 14.0. The van der Waals surface area contributed by atoms with Crippen LogP contribution in [0, 0.1) is 6.92 Å². The number of aryl methyl sites for hydroxylation is 1. The number of amides is 2. The Hall–Kier alpha value is -3.37. The number of rotatable bonds is 11. The zero-order valence-electron chi connectivity index (χ0n) is 22.7. The maximum absolute atomic E-state index is 14.0. The van der Waals surface area contributed by atoms with Crippen molar-refractivity contribution in [2.45, 2.75) is 51.2 Å². The van der Waals surface area contributed by atoms with Crippen molar-refractivity contribution < 1.29 is 22.7 Å². The Bertz CT molecular complexity index is 1400. The summed E-state index contributed by atoms with van der Waals surface area (Å²) in [6.45, 7) is 6.72. The number of carbonyl (C=O) groups is 2. The molecule has 0 aliphatic heterocycles. The largest absolute Gasteiger partial charge is 0.495 e. The van der Waals surface area contributed by atoms with Crippen LogP contribution in [0.4, 0.5) is 5.69 Å². The van der Waals surface area contributed by atoms with Crippen molar-refractivity contribution in [3.63, 3.8) is 0 Å². The van der Waals surface area contributed by atoms with Gasteiger partial charge in [0.25, 0.3) is 10.0 Å². The molecule has 0 saturated heterocycles. The standard InChI is InChI=1S/C29H34BrN3O5S/c1-20(2)31-29(35)22(4)32(18-23-12-14-24(30)15-13-23)28(34)19-33(26-17-21(3)11-16-27(26)38-5)39(36,37)25-9-7-6-8-10-25/h6-17,20,22H,18-19H2,1-5H3,(H,31,35). The van der Waals surface area contributed by atoms with E-state index >= 15 is 0 Å². The van der Waals surface area contributed by atoms with E-state index in [0.29, 0.717) is 5.75 Å². The molecule has 39 heavy (non-hydrogen) atoms. The van der Waals surface area contributed by atoms with Crippen LogP contribution in [-0.4, -0.2) is 50.9 Å². The minimum atomic E-state index is -4.18. The van der Waals surface area contributed by atoms with Crippen LogP contribution in [0.15, 0.2) is 82.2 Å². The van der Waals surface area contributed by atoms with Gasteiger partial charge in [-0.05, 0) is 75.2 Å². The molecular weight excluding hydrogens is 582 g/mol. The van der Waals surface area contributed by atoms with E-state index in [1.807, 2.05) is 45.0 Å². The second-order valence-corrected chi connectivity index (χ2v) is 12.3. The van der Waals surface area contributed by atoms with Crippen LogP contribution in [0.5, 0.6) is 5.75 Å². The van der Waals surface area contributed by atoms with E-state index < -0.39 is 28.5 Å². The van der Waals surface area contributed by atoms with E-state index in [4.69, 9.17) is 4.74 Å². The second-order valence-electron chi connectivity index (χ2n) is 9.49. The van der Waals surface area contributed by atoms with Crippen LogP contribution in [0.25, 0.3) is 0 Å². The highest BCUT2D eigenvalue weighted by Gasteiger charge is 2.34. The fourth-order valence-corrected chi connectivity index (χ4v) is 5.70. The molecule has 1 atom stereocenters. The van der Waals surface area contributed by atoms with Gasteiger partial charge in [0.05, 0.1) is 17.7 Å². The Morgan fingerprint density at radius 2 is 1.62 bits per heavy atom. The van der Waals surface area contributed by atoms with Crippen LogP contribution in [-0.2, 0) is 26.2 Å². The van der Waals surface area contributed by atoms with Crippen LogP contribution < -0.4 is 14.4 Å². The molecule has 0 aromatic heterocycles. The van der Waals surface area contributed by atoms with Crippen molar-refractivity contribution in [3.05, 3.63) is 88.4 Å². The first-order chi connectivity index (χ1) is 18.4. The van der Waals surface area contributed by atoms with Gasteiger partial charge >= 0.3 is 0 Å². The van der Waals surface area contributed by atoms with Gasteiger partial charge in [-0.15, -0.1) is 0 Å². The molecule has 3 rings (SSSR count). The highest BCUT2D eigenvalue weighted by atomic mass is 79.9. The number of hydrogen-bond donors (Lipinski definition) is 1. The third-order valence-corrected chi connectivity index (χ3v) is 8.38. The van der Waals surface area contributed by atoms with Crippen LogP contribution >= 0.6 is 15.9 Å². The van der Waals surface area contributed by atoms with E-state index in [9.17, 15) is 18.0 Å². The lowest BCUT2D eigenvalue weighted by Gasteiger charge is -2.32. The molecule has 2 amide bonds. The molecule has 3 aromatic rings. The minimum absolute atomic E-state index is 0.0337. The zero-order valence-corrected chi connectivity index (χ0v) is 25.1. The summed E-state index contributed by atoms with van der Waals surface area (Å²) in [5.74, 6) is -0.564. The monoisotopic (exact) mass is 615 g/mol. The van der Waals surface area contributed by atoms with Gasteiger partial charge < -0.3 is 15.0 Å². The number of ether oxygens (including phenoxy) is 1. The third-order valence-electron chi connectivity index (χ3n) is 6.08. The van der Waals surface area contributed by atoms with Gasteiger partial charge in [-0.3, -0.25) is 13.9 Å². The molecule has 208 valence electrons. The van der Waals surface area contributed by atoms with Crippen LogP contribution in [0.1, 0.15) is 31.9 Å². The number of halogens is 1. The van der Waals surface area contributed by atoms with Gasteiger partial charge in [0.1, 0.15) is 18.3 Å². The highest BCUT2D eigenvalue weighted by molar-refractivity contribution is 9.10. The zero-order chi connectivity index (χ0) is 28.7. The number of nitrogens with one attached hydrogen (secondary N) is 1. The first-order valence-corrected chi connectivity index (χ1v) is 14.7. The van der Waals surface area contributed by atoms with Gasteiger partial charge in [0, 0.05) is 17.1 Å². The third kappa shape index (κ3) is 7.60. The van der Waals surface area contributed by atoms with Crippen molar-refractivity contribution in [1.82, 2.24) is 10.2 Å². The van der Waals surface area contributed by atoms with E-state index in [1.54, 1.807) is 43.3 Å². The molecule has 3 aromatic carbocycles. The summed E-state index contributed by atoms with van der Waals surface area (Å²) in [5.41, 5.74) is 1.82. The highest BCUT2D eigenvalue weighted by Crippen LogP contribution is 2.33. The van der Waals surface area contributed by atoms with Gasteiger partial charge in [0.15, 0.2) is 0 Å². The van der Waals surface area contributed by atoms with Crippen LogP contribution in [0.3, 0.4) is 0 Å². The minimum Gasteiger partial charge on any atom is -0.495 e. The molecule has 10 heteroatoms. The van der Waals surface area contributed by atoms with Gasteiger partial charge in [0.2, 0.25) is 11.8 Å². The average Bonchev–Trinajstić information content (AvgIpc) is 2.90. The number of carbonyl (C=O) groups excluding carboxylic acids is 2. The van der Waals surface area contributed by atoms with Gasteiger partial charge in [-0.1, -0.05) is 52.3 Å². The Kier molecular flexibility index (Phi) is 10.2. The van der Waals surface area contributed by atoms with Gasteiger partial charge in [-0.2, -0.15) is 0 Å². The molecule has 0 saturated carbocycles. The maximum Gasteiger partial charge on any atom is 0.264 e. The Morgan fingerprint density at radius 3 is 2.21 bits per heavy atom. The predicted octanol–water partition coefficient (Wildman–Crippen LogP) is 4.90. The normalized spacial score (nSPS) is 12.1. The lowest BCUT2D eigenvalue weighted by atomic mass is 10.1. The number of hydrogen-bond acceptors (Lipinski definition) is 5. The summed E-state index contributed by atoms with van der Waals surface area (Å²) in [6.07, 6.45) is 0. The molecule has 8 nitrogen and oxygen atoms in total. The summed E-state index contributed by atoms with van der Waals surface area (Å²) in [5, 5.41) is 2.85. The summed E-state index contributed by atoms with van der Waals surface area (Å²) in [6, 6.07) is 19.5. The number of nitrogens with zero attached hydrogens (tertiary/aromatic N) is 2. The molecule has 0 fully saturated rings. The molecule has 0 spiro atoms. The molecular formula is C29H34BrN3O5S. The average molecular weight is 617 g/mol. The lowest BCUT2D eigenvalue weighted by molar-refractivity contribution is -0.139. The Morgan fingerprint density at radius 1 is 0.974 bits per heavy atom. The van der Waals surface area contributed by atoms with Gasteiger partial charge in [-0.25, -0.2) is 8.42 Å². The van der Waals surface area contributed by atoms with Crippen LogP contribution in [0.2, 0.25) is 0 Å². The SMILES string of the molecule is COc1ccc(C)cc1N(CC(=O)N(Cc1ccc(Br)cc1)C(C)C(=O)NC(C)C)S(=O)(=O)c1ccccc1. The summed E-state index contributed by atoms with van der Waals surface area (Å²) in [7, 11) is -2.73. The lowest BCUT2D eigenvalue weighted by Crippen LogP contribution is -2.52.